The Morgan fingerprint density at radius 3 is 2.67 bits per heavy atom. The van der Waals surface area contributed by atoms with Crippen LogP contribution in [0, 0.1) is 0 Å². The summed E-state index contributed by atoms with van der Waals surface area (Å²) in [5, 5.41) is 2.83. The largest absolute Gasteiger partial charge is 0.376 e. The highest BCUT2D eigenvalue weighted by Gasteiger charge is 2.02. The molecule has 0 aromatic carbocycles. The molecular weight excluding hydrogens is 190 g/mol. The average molecular weight is 211 g/mol. The van der Waals surface area contributed by atoms with Crippen molar-refractivity contribution in [3.8, 4) is 0 Å². The Hall–Kier alpha value is -1.09. The summed E-state index contributed by atoms with van der Waals surface area (Å²) in [5.74, 6) is 0.0490. The van der Waals surface area contributed by atoms with Crippen molar-refractivity contribution in [1.82, 2.24) is 5.32 Å². The van der Waals surface area contributed by atoms with E-state index in [2.05, 4.69) is 5.32 Å². The van der Waals surface area contributed by atoms with Crippen molar-refractivity contribution in [2.45, 2.75) is 33.6 Å². The van der Waals surface area contributed by atoms with Crippen LogP contribution in [-0.2, 0) is 9.53 Å². The molecule has 0 rings (SSSR count). The van der Waals surface area contributed by atoms with Gasteiger partial charge in [-0.05, 0) is 26.3 Å². The molecule has 0 unspecified atom stereocenters. The summed E-state index contributed by atoms with van der Waals surface area (Å²) in [6.07, 6.45) is 7.08. The Balaban J connectivity index is 4.17. The maximum atomic E-state index is 11.3. The number of carbonyl (C=O) groups excluding carboxylic acids is 1. The van der Waals surface area contributed by atoms with E-state index in [1.165, 1.54) is 0 Å². The molecule has 0 aromatic rings. The smallest absolute Gasteiger partial charge is 0.224 e. The minimum absolute atomic E-state index is 0.0490. The third kappa shape index (κ3) is 7.94. The van der Waals surface area contributed by atoms with Crippen LogP contribution in [0.5, 0.6) is 0 Å². The number of nitrogens with one attached hydrogen (secondary N) is 1. The van der Waals surface area contributed by atoms with Crippen molar-refractivity contribution in [1.29, 1.82) is 0 Å². The Morgan fingerprint density at radius 2 is 2.13 bits per heavy atom. The standard InChI is InChI=1S/C12H21NO2/c1-4-7-9-11(10-15-6-3)13-12(14)8-5-2/h4,7,9H,5-6,8,10H2,1-3H3,(H,13,14). The lowest BCUT2D eigenvalue weighted by Crippen LogP contribution is -2.24. The number of hydrogen-bond donors (Lipinski definition) is 1. The summed E-state index contributed by atoms with van der Waals surface area (Å²) in [6.45, 7) is 6.95. The Bertz CT molecular complexity index is 232. The Kier molecular flexibility index (Phi) is 8.78. The van der Waals surface area contributed by atoms with Gasteiger partial charge in [-0.1, -0.05) is 19.1 Å². The maximum absolute atomic E-state index is 11.3. The number of carbonyl (C=O) groups is 1. The number of hydrogen-bond acceptors (Lipinski definition) is 2. The third-order valence-electron chi connectivity index (χ3n) is 1.73. The summed E-state index contributed by atoms with van der Waals surface area (Å²) in [6, 6.07) is 0. The zero-order valence-corrected chi connectivity index (χ0v) is 9.88. The molecule has 86 valence electrons. The lowest BCUT2D eigenvalue weighted by molar-refractivity contribution is -0.120. The highest BCUT2D eigenvalue weighted by molar-refractivity contribution is 5.77. The summed E-state index contributed by atoms with van der Waals surface area (Å²) in [7, 11) is 0. The molecule has 0 aliphatic heterocycles. The molecule has 0 fully saturated rings. The fourth-order valence-corrected chi connectivity index (χ4v) is 1.02. The van der Waals surface area contributed by atoms with Crippen LogP contribution in [0.3, 0.4) is 0 Å². The van der Waals surface area contributed by atoms with Crippen molar-refractivity contribution in [3.63, 3.8) is 0 Å². The van der Waals surface area contributed by atoms with Crippen molar-refractivity contribution in [3.05, 3.63) is 23.9 Å². The van der Waals surface area contributed by atoms with Crippen molar-refractivity contribution >= 4 is 5.91 Å². The fraction of sp³-hybridized carbons (Fsp3) is 0.583. The van der Waals surface area contributed by atoms with Gasteiger partial charge in [0.25, 0.3) is 0 Å². The molecule has 0 atom stereocenters. The lowest BCUT2D eigenvalue weighted by atomic mass is 10.3. The number of amides is 1. The van der Waals surface area contributed by atoms with Crippen LogP contribution < -0.4 is 5.32 Å². The van der Waals surface area contributed by atoms with Crippen LogP contribution in [0.1, 0.15) is 33.6 Å². The summed E-state index contributed by atoms with van der Waals surface area (Å²) in [4.78, 5) is 11.3. The van der Waals surface area contributed by atoms with E-state index in [9.17, 15) is 4.79 Å². The number of ether oxygens (including phenoxy) is 1. The molecule has 0 saturated carbocycles. The molecule has 0 saturated heterocycles. The molecule has 0 aromatic heterocycles. The van der Waals surface area contributed by atoms with Crippen LogP contribution >= 0.6 is 0 Å². The minimum atomic E-state index is 0.0490. The lowest BCUT2D eigenvalue weighted by Gasteiger charge is -2.08. The molecule has 3 nitrogen and oxygen atoms in total. The van der Waals surface area contributed by atoms with E-state index in [0.29, 0.717) is 19.6 Å². The van der Waals surface area contributed by atoms with Crippen molar-refractivity contribution < 1.29 is 9.53 Å². The van der Waals surface area contributed by atoms with Crippen LogP contribution in [0.15, 0.2) is 23.9 Å². The van der Waals surface area contributed by atoms with Crippen LogP contribution in [0.4, 0.5) is 0 Å². The highest BCUT2D eigenvalue weighted by atomic mass is 16.5. The zero-order chi connectivity index (χ0) is 11.5. The molecule has 0 heterocycles. The van der Waals surface area contributed by atoms with E-state index in [4.69, 9.17) is 4.74 Å². The Morgan fingerprint density at radius 1 is 1.40 bits per heavy atom. The van der Waals surface area contributed by atoms with Crippen LogP contribution in [-0.4, -0.2) is 19.1 Å². The molecule has 0 aliphatic carbocycles. The summed E-state index contributed by atoms with van der Waals surface area (Å²) >= 11 is 0. The van der Waals surface area contributed by atoms with E-state index in [0.717, 1.165) is 12.1 Å². The first kappa shape index (κ1) is 13.9. The van der Waals surface area contributed by atoms with E-state index in [1.54, 1.807) is 0 Å². The Labute approximate surface area is 92.2 Å². The molecule has 3 heteroatoms. The third-order valence-corrected chi connectivity index (χ3v) is 1.73. The number of allylic oxidation sites excluding steroid dienone is 3. The first-order chi connectivity index (χ1) is 7.24. The van der Waals surface area contributed by atoms with Gasteiger partial charge < -0.3 is 10.1 Å². The van der Waals surface area contributed by atoms with Gasteiger partial charge in [-0.3, -0.25) is 4.79 Å². The molecule has 1 amide bonds. The van der Waals surface area contributed by atoms with E-state index >= 15 is 0 Å². The molecule has 0 radical (unpaired) electrons. The average Bonchev–Trinajstić information content (AvgIpc) is 2.22. The minimum Gasteiger partial charge on any atom is -0.376 e. The van der Waals surface area contributed by atoms with E-state index < -0.39 is 0 Å². The molecule has 15 heavy (non-hydrogen) atoms. The normalized spacial score (nSPS) is 12.1. The zero-order valence-electron chi connectivity index (χ0n) is 9.88. The van der Waals surface area contributed by atoms with Gasteiger partial charge in [0.05, 0.1) is 6.61 Å². The second kappa shape index (κ2) is 9.46. The SMILES string of the molecule is CC=CC=C(COCC)NC(=O)CCC. The predicted octanol–water partition coefficient (Wildman–Crippen LogP) is 2.40. The number of rotatable bonds is 7. The first-order valence-electron chi connectivity index (χ1n) is 5.44. The maximum Gasteiger partial charge on any atom is 0.224 e. The van der Waals surface area contributed by atoms with Crippen LogP contribution in [0.2, 0.25) is 0 Å². The second-order valence-corrected chi connectivity index (χ2v) is 3.15. The second-order valence-electron chi connectivity index (χ2n) is 3.15. The van der Waals surface area contributed by atoms with Gasteiger partial charge in [0.2, 0.25) is 5.91 Å². The first-order valence-corrected chi connectivity index (χ1v) is 5.44. The quantitative estimate of drug-likeness (QED) is 0.657. The molecular formula is C12H21NO2. The highest BCUT2D eigenvalue weighted by Crippen LogP contribution is 1.95. The van der Waals surface area contributed by atoms with Gasteiger partial charge in [0.15, 0.2) is 0 Å². The summed E-state index contributed by atoms with van der Waals surface area (Å²) < 4.78 is 5.25. The van der Waals surface area contributed by atoms with Crippen molar-refractivity contribution in [2.75, 3.05) is 13.2 Å². The molecule has 0 bridgehead atoms. The van der Waals surface area contributed by atoms with Crippen LogP contribution in [0.25, 0.3) is 0 Å². The molecule has 0 spiro atoms. The van der Waals surface area contributed by atoms with E-state index in [1.807, 2.05) is 39.0 Å². The van der Waals surface area contributed by atoms with Gasteiger partial charge in [-0.25, -0.2) is 0 Å². The summed E-state index contributed by atoms with van der Waals surface area (Å²) in [5.41, 5.74) is 0.813. The van der Waals surface area contributed by atoms with Gasteiger partial charge >= 0.3 is 0 Å². The van der Waals surface area contributed by atoms with Gasteiger partial charge in [-0.2, -0.15) is 0 Å². The van der Waals surface area contributed by atoms with Gasteiger partial charge in [0, 0.05) is 18.7 Å². The molecule has 0 aliphatic rings. The topological polar surface area (TPSA) is 38.3 Å². The van der Waals surface area contributed by atoms with Gasteiger partial charge in [0.1, 0.15) is 0 Å². The van der Waals surface area contributed by atoms with Crippen molar-refractivity contribution in [2.24, 2.45) is 0 Å². The predicted molar refractivity (Wildman–Crippen MR) is 62.4 cm³/mol. The fourth-order valence-electron chi connectivity index (χ4n) is 1.02. The van der Waals surface area contributed by atoms with E-state index in [-0.39, 0.29) is 5.91 Å². The monoisotopic (exact) mass is 211 g/mol. The molecule has 1 N–H and O–H groups in total. The van der Waals surface area contributed by atoms with Gasteiger partial charge in [-0.15, -0.1) is 0 Å².